The summed E-state index contributed by atoms with van der Waals surface area (Å²) in [4.78, 5) is 12.5. The van der Waals surface area contributed by atoms with Crippen LogP contribution < -0.4 is 5.32 Å². The van der Waals surface area contributed by atoms with Gasteiger partial charge in [-0.05, 0) is 32.8 Å². The molecule has 1 aromatic heterocycles. The number of rotatable bonds is 9. The van der Waals surface area contributed by atoms with Gasteiger partial charge in [-0.3, -0.25) is 9.48 Å². The Kier molecular flexibility index (Phi) is 8.62. The van der Waals surface area contributed by atoms with Crippen molar-refractivity contribution in [1.82, 2.24) is 15.1 Å². The normalized spacial score (nSPS) is 10.7. The Balaban J connectivity index is 0.00000312. The fourth-order valence-electron chi connectivity index (χ4n) is 2.77. The second-order valence-electron chi connectivity index (χ2n) is 6.47. The average molecular weight is 365 g/mol. The van der Waals surface area contributed by atoms with E-state index in [1.807, 2.05) is 28.9 Å². The highest BCUT2D eigenvalue weighted by Gasteiger charge is 2.17. The molecule has 138 valence electrons. The zero-order valence-corrected chi connectivity index (χ0v) is 16.2. The van der Waals surface area contributed by atoms with Crippen LogP contribution in [0.5, 0.6) is 0 Å². The minimum atomic E-state index is -0.160. The predicted octanol–water partition coefficient (Wildman–Crippen LogP) is 4.76. The van der Waals surface area contributed by atoms with Crippen LogP contribution in [0.15, 0.2) is 24.3 Å². The predicted molar refractivity (Wildman–Crippen MR) is 106 cm³/mol. The van der Waals surface area contributed by atoms with E-state index in [2.05, 4.69) is 31.2 Å². The first-order valence-electron chi connectivity index (χ1n) is 8.86. The van der Waals surface area contributed by atoms with Gasteiger partial charge >= 0.3 is 0 Å². The van der Waals surface area contributed by atoms with Gasteiger partial charge < -0.3 is 10.7 Å². The number of hydrogen-bond acceptors (Lipinski definition) is 3. The minimum absolute atomic E-state index is 0. The third-order valence-corrected chi connectivity index (χ3v) is 4.11. The molecule has 6 heteroatoms. The maximum atomic E-state index is 12.5. The SMILES string of the molecule is CCCCCC(=N)CCNC(=O)c1nn(C(C)C)c2ccccc12.Cl. The summed E-state index contributed by atoms with van der Waals surface area (Å²) in [7, 11) is 0. The molecule has 1 heterocycles. The van der Waals surface area contributed by atoms with E-state index in [1.54, 1.807) is 0 Å². The fourth-order valence-corrected chi connectivity index (χ4v) is 2.77. The van der Waals surface area contributed by atoms with Crippen molar-refractivity contribution in [3.05, 3.63) is 30.0 Å². The molecule has 0 aliphatic rings. The molecule has 25 heavy (non-hydrogen) atoms. The second-order valence-corrected chi connectivity index (χ2v) is 6.47. The lowest BCUT2D eigenvalue weighted by molar-refractivity contribution is 0.0950. The molecule has 1 amide bonds. The van der Waals surface area contributed by atoms with E-state index in [4.69, 9.17) is 5.41 Å². The van der Waals surface area contributed by atoms with Gasteiger partial charge in [-0.1, -0.05) is 38.0 Å². The molecule has 2 rings (SSSR count). The molecule has 0 aliphatic heterocycles. The number of benzene rings is 1. The van der Waals surface area contributed by atoms with Gasteiger partial charge in [0.2, 0.25) is 0 Å². The standard InChI is InChI=1S/C19H28N4O.ClH/c1-4-5-6-9-15(20)12-13-21-19(24)18-16-10-7-8-11-17(16)23(22-18)14(2)3;/h7-8,10-11,14,20H,4-6,9,12-13H2,1-3H3,(H,21,24);1H. The molecule has 0 unspecified atom stereocenters. The topological polar surface area (TPSA) is 70.8 Å². The van der Waals surface area contributed by atoms with Crippen molar-refractivity contribution in [1.29, 1.82) is 5.41 Å². The van der Waals surface area contributed by atoms with E-state index in [0.717, 1.165) is 36.6 Å². The molecule has 0 saturated carbocycles. The van der Waals surface area contributed by atoms with Crippen molar-refractivity contribution in [3.63, 3.8) is 0 Å². The van der Waals surface area contributed by atoms with Gasteiger partial charge in [-0.25, -0.2) is 0 Å². The fraction of sp³-hybridized carbons (Fsp3) is 0.526. The lowest BCUT2D eigenvalue weighted by atomic mass is 10.1. The van der Waals surface area contributed by atoms with Gasteiger partial charge in [0.25, 0.3) is 5.91 Å². The molecular weight excluding hydrogens is 336 g/mol. The first-order valence-corrected chi connectivity index (χ1v) is 8.86. The zero-order chi connectivity index (χ0) is 17.5. The summed E-state index contributed by atoms with van der Waals surface area (Å²) >= 11 is 0. The van der Waals surface area contributed by atoms with Crippen LogP contribution >= 0.6 is 12.4 Å². The molecule has 0 fully saturated rings. The van der Waals surface area contributed by atoms with Crippen molar-refractivity contribution in [2.75, 3.05) is 6.54 Å². The third-order valence-electron chi connectivity index (χ3n) is 4.11. The van der Waals surface area contributed by atoms with Gasteiger partial charge in [-0.2, -0.15) is 5.10 Å². The largest absolute Gasteiger partial charge is 0.350 e. The van der Waals surface area contributed by atoms with Crippen LogP contribution in [0, 0.1) is 5.41 Å². The molecule has 0 aliphatic carbocycles. The van der Waals surface area contributed by atoms with E-state index < -0.39 is 0 Å². The lowest BCUT2D eigenvalue weighted by Crippen LogP contribution is -2.26. The number of nitrogens with zero attached hydrogens (tertiary/aromatic N) is 2. The quantitative estimate of drug-likeness (QED) is 0.497. The summed E-state index contributed by atoms with van der Waals surface area (Å²) in [5.41, 5.74) is 2.16. The summed E-state index contributed by atoms with van der Waals surface area (Å²) < 4.78 is 1.89. The molecular formula is C19H29ClN4O. The summed E-state index contributed by atoms with van der Waals surface area (Å²) in [5.74, 6) is -0.160. The van der Waals surface area contributed by atoms with Crippen LogP contribution in [-0.4, -0.2) is 27.9 Å². The Labute approximate surface area is 156 Å². The summed E-state index contributed by atoms with van der Waals surface area (Å²) in [6.07, 6.45) is 4.82. The molecule has 2 aromatic rings. The Morgan fingerprint density at radius 3 is 2.64 bits per heavy atom. The molecule has 1 aromatic carbocycles. The minimum Gasteiger partial charge on any atom is -0.350 e. The van der Waals surface area contributed by atoms with Crippen molar-refractivity contribution >= 4 is 34.9 Å². The number of carbonyl (C=O) groups excluding carboxylic acids is 1. The maximum absolute atomic E-state index is 12.5. The van der Waals surface area contributed by atoms with Crippen LogP contribution in [0.2, 0.25) is 0 Å². The van der Waals surface area contributed by atoms with Crippen LogP contribution in [-0.2, 0) is 0 Å². The number of amides is 1. The Morgan fingerprint density at radius 2 is 1.96 bits per heavy atom. The average Bonchev–Trinajstić information content (AvgIpc) is 2.95. The van der Waals surface area contributed by atoms with Crippen LogP contribution in [0.25, 0.3) is 10.9 Å². The number of hydrogen-bond donors (Lipinski definition) is 2. The first kappa shape index (κ1) is 21.2. The number of carbonyl (C=O) groups is 1. The number of halogens is 1. The molecule has 0 saturated heterocycles. The van der Waals surface area contributed by atoms with Gasteiger partial charge in [0.1, 0.15) is 0 Å². The summed E-state index contributed by atoms with van der Waals surface area (Å²) in [6, 6.07) is 8.01. The number of para-hydroxylation sites is 1. The highest BCUT2D eigenvalue weighted by Crippen LogP contribution is 2.21. The first-order chi connectivity index (χ1) is 11.5. The molecule has 0 bridgehead atoms. The molecule has 2 N–H and O–H groups in total. The number of fused-ring (bicyclic) bond motifs is 1. The molecule has 5 nitrogen and oxygen atoms in total. The summed E-state index contributed by atoms with van der Waals surface area (Å²) in [6.45, 7) is 6.76. The van der Waals surface area contributed by atoms with Gasteiger partial charge in [0.15, 0.2) is 5.69 Å². The highest BCUT2D eigenvalue weighted by atomic mass is 35.5. The number of nitrogens with one attached hydrogen (secondary N) is 2. The van der Waals surface area contributed by atoms with Gasteiger partial charge in [0.05, 0.1) is 5.52 Å². The number of unbranched alkanes of at least 4 members (excludes halogenated alkanes) is 2. The van der Waals surface area contributed by atoms with E-state index in [0.29, 0.717) is 24.4 Å². The van der Waals surface area contributed by atoms with Crippen LogP contribution in [0.3, 0.4) is 0 Å². The van der Waals surface area contributed by atoms with Crippen molar-refractivity contribution in [2.24, 2.45) is 0 Å². The van der Waals surface area contributed by atoms with Crippen molar-refractivity contribution < 1.29 is 4.79 Å². The van der Waals surface area contributed by atoms with E-state index in [9.17, 15) is 4.79 Å². The summed E-state index contributed by atoms with van der Waals surface area (Å²) in [5, 5.41) is 16.2. The Hall–Kier alpha value is -1.88. The van der Waals surface area contributed by atoms with Gasteiger partial charge in [0, 0.05) is 30.1 Å². The monoisotopic (exact) mass is 364 g/mol. The maximum Gasteiger partial charge on any atom is 0.272 e. The molecule has 0 atom stereocenters. The third kappa shape index (κ3) is 5.56. The van der Waals surface area contributed by atoms with Gasteiger partial charge in [-0.15, -0.1) is 12.4 Å². The smallest absolute Gasteiger partial charge is 0.272 e. The molecule has 0 radical (unpaired) electrons. The van der Waals surface area contributed by atoms with E-state index in [-0.39, 0.29) is 24.4 Å². The lowest BCUT2D eigenvalue weighted by Gasteiger charge is -2.06. The van der Waals surface area contributed by atoms with Crippen LogP contribution in [0.1, 0.15) is 69.4 Å². The van der Waals surface area contributed by atoms with Crippen molar-refractivity contribution in [2.45, 2.75) is 58.9 Å². The van der Waals surface area contributed by atoms with E-state index in [1.165, 1.54) is 0 Å². The molecule has 0 spiro atoms. The Morgan fingerprint density at radius 1 is 1.24 bits per heavy atom. The van der Waals surface area contributed by atoms with E-state index >= 15 is 0 Å². The zero-order valence-electron chi connectivity index (χ0n) is 15.3. The van der Waals surface area contributed by atoms with Crippen molar-refractivity contribution in [3.8, 4) is 0 Å². The Bertz CT molecular complexity index is 709. The number of aromatic nitrogens is 2. The van der Waals surface area contributed by atoms with Crippen LogP contribution in [0.4, 0.5) is 0 Å². The highest BCUT2D eigenvalue weighted by molar-refractivity contribution is 6.05. The second kappa shape index (κ2) is 10.2.